The van der Waals surface area contributed by atoms with Crippen LogP contribution in [0.15, 0.2) is 36.7 Å². The highest BCUT2D eigenvalue weighted by molar-refractivity contribution is 5.84. The van der Waals surface area contributed by atoms with Crippen molar-refractivity contribution in [3.63, 3.8) is 0 Å². The van der Waals surface area contributed by atoms with Gasteiger partial charge < -0.3 is 9.88 Å². The molecule has 3 rings (SSSR count). The number of fused-ring (bicyclic) bond motifs is 1. The van der Waals surface area contributed by atoms with Crippen molar-refractivity contribution in [1.29, 1.82) is 0 Å². The van der Waals surface area contributed by atoms with E-state index in [-0.39, 0.29) is 11.9 Å². The second-order valence-electron chi connectivity index (χ2n) is 6.81. The van der Waals surface area contributed by atoms with Crippen molar-refractivity contribution in [2.24, 2.45) is 5.92 Å². The van der Waals surface area contributed by atoms with Crippen molar-refractivity contribution in [3.05, 3.63) is 48.0 Å². The van der Waals surface area contributed by atoms with Crippen LogP contribution < -0.4 is 5.32 Å². The molecular weight excluding hydrogens is 314 g/mol. The van der Waals surface area contributed by atoms with Crippen LogP contribution in [-0.2, 0) is 17.6 Å². The largest absolute Gasteiger partial charge is 0.354 e. The van der Waals surface area contributed by atoms with E-state index in [9.17, 15) is 4.79 Å². The van der Waals surface area contributed by atoms with Crippen molar-refractivity contribution in [1.82, 2.24) is 25.1 Å². The number of amides is 1. The number of carbonyl (C=O) groups excluding carboxylic acids is 1. The number of imidazole rings is 1. The zero-order valence-corrected chi connectivity index (χ0v) is 15.0. The summed E-state index contributed by atoms with van der Waals surface area (Å²) >= 11 is 0. The third kappa shape index (κ3) is 3.90. The summed E-state index contributed by atoms with van der Waals surface area (Å²) in [5, 5.41) is 9.73. The lowest BCUT2D eigenvalue weighted by Gasteiger charge is -2.18. The molecule has 0 aliphatic rings. The Kier molecular flexibility index (Phi) is 5.16. The lowest BCUT2D eigenvalue weighted by molar-refractivity contribution is -0.123. The van der Waals surface area contributed by atoms with Crippen LogP contribution in [0.2, 0.25) is 0 Å². The minimum Gasteiger partial charge on any atom is -0.354 e. The Bertz CT molecular complexity index is 835. The van der Waals surface area contributed by atoms with Gasteiger partial charge in [-0.25, -0.2) is 4.98 Å². The summed E-state index contributed by atoms with van der Waals surface area (Å²) in [6.07, 6.45) is 5.24. The lowest BCUT2D eigenvalue weighted by atomic mass is 10.1. The van der Waals surface area contributed by atoms with Gasteiger partial charge in [0.05, 0.1) is 17.2 Å². The zero-order valence-electron chi connectivity index (χ0n) is 15.0. The molecule has 0 saturated carbocycles. The Morgan fingerprint density at radius 3 is 2.80 bits per heavy atom. The SMILES string of the molecule is CC(C)Cc1nc2ccccc2n1C(C)C(=O)NCCc1cn[nH]c1. The molecule has 1 amide bonds. The first-order chi connectivity index (χ1) is 12.1. The van der Waals surface area contributed by atoms with Crippen LogP contribution in [0, 0.1) is 5.92 Å². The van der Waals surface area contributed by atoms with Gasteiger partial charge in [-0.15, -0.1) is 0 Å². The highest BCUT2D eigenvalue weighted by atomic mass is 16.2. The summed E-state index contributed by atoms with van der Waals surface area (Å²) in [4.78, 5) is 17.4. The van der Waals surface area contributed by atoms with Gasteiger partial charge in [-0.2, -0.15) is 5.10 Å². The molecule has 25 heavy (non-hydrogen) atoms. The van der Waals surface area contributed by atoms with Crippen LogP contribution in [-0.4, -0.2) is 32.2 Å². The summed E-state index contributed by atoms with van der Waals surface area (Å²) in [7, 11) is 0. The van der Waals surface area contributed by atoms with Crippen LogP contribution in [0.25, 0.3) is 11.0 Å². The highest BCUT2D eigenvalue weighted by Crippen LogP contribution is 2.23. The molecular formula is C19H25N5O. The Balaban J connectivity index is 1.77. The quantitative estimate of drug-likeness (QED) is 0.695. The van der Waals surface area contributed by atoms with Crippen molar-refractivity contribution in [3.8, 4) is 0 Å². The van der Waals surface area contributed by atoms with Crippen LogP contribution in [0.5, 0.6) is 0 Å². The van der Waals surface area contributed by atoms with Gasteiger partial charge in [0.1, 0.15) is 11.9 Å². The van der Waals surface area contributed by atoms with Crippen LogP contribution in [0.1, 0.15) is 38.2 Å². The van der Waals surface area contributed by atoms with E-state index in [1.807, 2.05) is 37.4 Å². The summed E-state index contributed by atoms with van der Waals surface area (Å²) in [6.45, 7) is 6.86. The maximum Gasteiger partial charge on any atom is 0.242 e. The number of para-hydroxylation sites is 2. The van der Waals surface area contributed by atoms with E-state index < -0.39 is 0 Å². The fourth-order valence-corrected chi connectivity index (χ4v) is 3.05. The lowest BCUT2D eigenvalue weighted by Crippen LogP contribution is -2.33. The molecule has 3 aromatic rings. The average Bonchev–Trinajstić information content (AvgIpc) is 3.20. The summed E-state index contributed by atoms with van der Waals surface area (Å²) in [6, 6.07) is 7.70. The third-order valence-electron chi connectivity index (χ3n) is 4.29. The topological polar surface area (TPSA) is 75.6 Å². The Morgan fingerprint density at radius 1 is 1.28 bits per heavy atom. The molecule has 132 valence electrons. The number of carbonyl (C=O) groups is 1. The van der Waals surface area contributed by atoms with Gasteiger partial charge in [0.15, 0.2) is 0 Å². The van der Waals surface area contributed by atoms with Crippen molar-refractivity contribution >= 4 is 16.9 Å². The number of H-pyrrole nitrogens is 1. The molecule has 1 atom stereocenters. The minimum atomic E-state index is -0.300. The predicted octanol–water partition coefficient (Wildman–Crippen LogP) is 2.88. The number of hydrogen-bond donors (Lipinski definition) is 2. The van der Waals surface area contributed by atoms with E-state index >= 15 is 0 Å². The fourth-order valence-electron chi connectivity index (χ4n) is 3.05. The molecule has 6 heteroatoms. The Morgan fingerprint density at radius 2 is 2.08 bits per heavy atom. The first-order valence-electron chi connectivity index (χ1n) is 8.77. The van der Waals surface area contributed by atoms with Gasteiger partial charge >= 0.3 is 0 Å². The van der Waals surface area contributed by atoms with Crippen molar-refractivity contribution in [2.45, 2.75) is 39.7 Å². The van der Waals surface area contributed by atoms with E-state index in [0.29, 0.717) is 12.5 Å². The predicted molar refractivity (Wildman–Crippen MR) is 98.3 cm³/mol. The molecule has 0 aliphatic heterocycles. The number of aromatic amines is 1. The van der Waals surface area contributed by atoms with Gasteiger partial charge in [0, 0.05) is 19.2 Å². The molecule has 0 radical (unpaired) electrons. The fraction of sp³-hybridized carbons (Fsp3) is 0.421. The first kappa shape index (κ1) is 17.2. The van der Waals surface area contributed by atoms with E-state index in [4.69, 9.17) is 4.98 Å². The summed E-state index contributed by atoms with van der Waals surface area (Å²) in [5.74, 6) is 1.46. The summed E-state index contributed by atoms with van der Waals surface area (Å²) in [5.41, 5.74) is 3.04. The maximum absolute atomic E-state index is 12.7. The van der Waals surface area contributed by atoms with Crippen molar-refractivity contribution in [2.75, 3.05) is 6.54 Å². The number of benzene rings is 1. The zero-order chi connectivity index (χ0) is 17.8. The van der Waals surface area contributed by atoms with Crippen LogP contribution in [0.3, 0.4) is 0 Å². The van der Waals surface area contributed by atoms with Crippen LogP contribution in [0.4, 0.5) is 0 Å². The van der Waals surface area contributed by atoms with E-state index in [1.54, 1.807) is 6.20 Å². The summed E-state index contributed by atoms with van der Waals surface area (Å²) < 4.78 is 2.07. The highest BCUT2D eigenvalue weighted by Gasteiger charge is 2.21. The number of aromatic nitrogens is 4. The molecule has 0 fully saturated rings. The third-order valence-corrected chi connectivity index (χ3v) is 4.29. The minimum absolute atomic E-state index is 0.0108. The molecule has 2 N–H and O–H groups in total. The molecule has 2 heterocycles. The number of hydrogen-bond acceptors (Lipinski definition) is 3. The molecule has 0 saturated heterocycles. The molecule has 0 aliphatic carbocycles. The smallest absolute Gasteiger partial charge is 0.242 e. The molecule has 1 unspecified atom stereocenters. The van der Waals surface area contributed by atoms with Gasteiger partial charge in [-0.3, -0.25) is 9.89 Å². The van der Waals surface area contributed by atoms with Gasteiger partial charge in [-0.1, -0.05) is 26.0 Å². The Labute approximate surface area is 147 Å². The monoisotopic (exact) mass is 339 g/mol. The second-order valence-corrected chi connectivity index (χ2v) is 6.81. The molecule has 2 aromatic heterocycles. The van der Waals surface area contributed by atoms with Gasteiger partial charge in [0.25, 0.3) is 0 Å². The van der Waals surface area contributed by atoms with Gasteiger partial charge in [0.2, 0.25) is 5.91 Å². The number of rotatable bonds is 7. The first-order valence-corrected chi connectivity index (χ1v) is 8.77. The van der Waals surface area contributed by atoms with Crippen LogP contribution >= 0.6 is 0 Å². The molecule has 1 aromatic carbocycles. The average molecular weight is 339 g/mol. The second kappa shape index (κ2) is 7.51. The maximum atomic E-state index is 12.7. The Hall–Kier alpha value is -2.63. The molecule has 0 bridgehead atoms. The number of nitrogens with one attached hydrogen (secondary N) is 2. The number of nitrogens with zero attached hydrogens (tertiary/aromatic N) is 3. The van der Waals surface area contributed by atoms with E-state index in [1.165, 1.54) is 0 Å². The van der Waals surface area contributed by atoms with E-state index in [2.05, 4.69) is 33.9 Å². The molecule has 6 nitrogen and oxygen atoms in total. The van der Waals surface area contributed by atoms with Gasteiger partial charge in [-0.05, 0) is 37.0 Å². The van der Waals surface area contributed by atoms with E-state index in [0.717, 1.165) is 35.3 Å². The normalized spacial score (nSPS) is 12.6. The van der Waals surface area contributed by atoms with Crippen molar-refractivity contribution < 1.29 is 4.79 Å². The standard InChI is InChI=1S/C19H25N5O/c1-13(2)10-18-23-16-6-4-5-7-17(16)24(18)14(3)19(25)20-9-8-15-11-21-22-12-15/h4-7,11-14H,8-10H2,1-3H3,(H,20,25)(H,21,22). The molecule has 0 spiro atoms.